The number of hydrogen-bond acceptors (Lipinski definition) is 0. The van der Waals surface area contributed by atoms with Crippen LogP contribution in [0.3, 0.4) is 0 Å². The van der Waals surface area contributed by atoms with Gasteiger partial charge in [-0.15, -0.1) is 0 Å². The van der Waals surface area contributed by atoms with Crippen LogP contribution in [0.4, 0.5) is 0 Å². The molecular formula is C7H16Cl2Hf-2. The van der Waals surface area contributed by atoms with Crippen molar-refractivity contribution in [3.63, 3.8) is 0 Å². The number of hydrogen-bond donors (Lipinski definition) is 0. The SMILES string of the molecule is CCCCCCC.[Cl-].[Cl-].[Hf]. The Kier molecular flexibility index (Phi) is 50.5. The van der Waals surface area contributed by atoms with E-state index in [1.165, 1.54) is 32.1 Å². The molecule has 0 aromatic rings. The van der Waals surface area contributed by atoms with Crippen LogP contribution in [-0.2, 0) is 25.8 Å². The largest absolute Gasteiger partial charge is 1.00 e. The van der Waals surface area contributed by atoms with Crippen molar-refractivity contribution in [3.8, 4) is 0 Å². The van der Waals surface area contributed by atoms with Gasteiger partial charge in [0.25, 0.3) is 0 Å². The Morgan fingerprint density at radius 3 is 1.20 bits per heavy atom. The maximum atomic E-state index is 2.25. The molecule has 0 radical (unpaired) electrons. The Balaban J connectivity index is -0.0000000600. The first-order chi connectivity index (χ1) is 3.41. The van der Waals surface area contributed by atoms with Crippen molar-refractivity contribution in [2.45, 2.75) is 46.0 Å². The molecule has 0 fully saturated rings. The molecule has 0 saturated heterocycles. The van der Waals surface area contributed by atoms with Crippen LogP contribution in [0.2, 0.25) is 0 Å². The third-order valence-corrected chi connectivity index (χ3v) is 1.21. The molecule has 0 spiro atoms. The zero-order valence-electron chi connectivity index (χ0n) is 6.79. The molecule has 0 aliphatic carbocycles. The van der Waals surface area contributed by atoms with E-state index >= 15 is 0 Å². The molecule has 0 aliphatic heterocycles. The third-order valence-electron chi connectivity index (χ3n) is 1.21. The molecule has 0 aromatic carbocycles. The average molecular weight is 350 g/mol. The van der Waals surface area contributed by atoms with E-state index in [4.69, 9.17) is 0 Å². The van der Waals surface area contributed by atoms with Crippen LogP contribution in [0.15, 0.2) is 0 Å². The van der Waals surface area contributed by atoms with Gasteiger partial charge in [-0.1, -0.05) is 46.0 Å². The van der Waals surface area contributed by atoms with Gasteiger partial charge >= 0.3 is 0 Å². The van der Waals surface area contributed by atoms with Gasteiger partial charge in [0.1, 0.15) is 0 Å². The molecule has 10 heavy (non-hydrogen) atoms. The first-order valence-corrected chi connectivity index (χ1v) is 3.41. The van der Waals surface area contributed by atoms with E-state index in [9.17, 15) is 0 Å². The van der Waals surface area contributed by atoms with Gasteiger partial charge in [-0.25, -0.2) is 0 Å². The van der Waals surface area contributed by atoms with Gasteiger partial charge in [0.05, 0.1) is 0 Å². The van der Waals surface area contributed by atoms with Gasteiger partial charge in [0.15, 0.2) is 0 Å². The van der Waals surface area contributed by atoms with Crippen molar-refractivity contribution >= 4 is 0 Å². The Morgan fingerprint density at radius 1 is 0.700 bits per heavy atom. The second-order valence-corrected chi connectivity index (χ2v) is 2.06. The van der Waals surface area contributed by atoms with E-state index in [0.29, 0.717) is 0 Å². The van der Waals surface area contributed by atoms with Crippen molar-refractivity contribution in [2.24, 2.45) is 0 Å². The van der Waals surface area contributed by atoms with Crippen molar-refractivity contribution in [1.82, 2.24) is 0 Å². The normalized spacial score (nSPS) is 6.60. The minimum absolute atomic E-state index is 0. The fraction of sp³-hybridized carbons (Fsp3) is 1.00. The zero-order valence-corrected chi connectivity index (χ0v) is 11.9. The van der Waals surface area contributed by atoms with E-state index in [0.717, 1.165) is 0 Å². The van der Waals surface area contributed by atoms with E-state index < -0.39 is 0 Å². The summed E-state index contributed by atoms with van der Waals surface area (Å²) in [6, 6.07) is 0. The van der Waals surface area contributed by atoms with E-state index in [1.54, 1.807) is 0 Å². The Morgan fingerprint density at radius 2 is 1.00 bits per heavy atom. The van der Waals surface area contributed by atoms with Crippen LogP contribution in [-0.4, -0.2) is 0 Å². The quantitative estimate of drug-likeness (QED) is 0.375. The first kappa shape index (κ1) is 22.5. The predicted molar refractivity (Wildman–Crippen MR) is 34.4 cm³/mol. The number of halogens is 2. The fourth-order valence-corrected chi connectivity index (χ4v) is 0.677. The molecule has 0 heterocycles. The van der Waals surface area contributed by atoms with Crippen molar-refractivity contribution in [2.75, 3.05) is 0 Å². The maximum absolute atomic E-state index is 2.25. The van der Waals surface area contributed by atoms with Crippen LogP contribution < -0.4 is 24.8 Å². The average Bonchev–Trinajstić information content (AvgIpc) is 1.69. The van der Waals surface area contributed by atoms with Crippen LogP contribution >= 0.6 is 0 Å². The smallest absolute Gasteiger partial charge is 0 e. The monoisotopic (exact) mass is 350 g/mol. The van der Waals surface area contributed by atoms with Gasteiger partial charge in [-0.2, -0.15) is 0 Å². The summed E-state index contributed by atoms with van der Waals surface area (Å²) in [5.74, 6) is 0. The van der Waals surface area contributed by atoms with Crippen LogP contribution in [0.1, 0.15) is 46.0 Å². The molecule has 0 N–H and O–H groups in total. The molecule has 0 rings (SSSR count). The molecule has 0 saturated carbocycles. The summed E-state index contributed by atoms with van der Waals surface area (Å²) in [6.07, 6.45) is 7.01. The Hall–Kier alpha value is 1.45. The van der Waals surface area contributed by atoms with Gasteiger partial charge in [-0.3, -0.25) is 0 Å². The standard InChI is InChI=1S/C7H16.2ClH.Hf/c1-3-5-7-6-4-2;;;/h3-7H2,1-2H3;2*1H;/p-2. The zero-order chi connectivity index (χ0) is 5.54. The molecule has 0 unspecified atom stereocenters. The molecule has 0 nitrogen and oxygen atoms in total. The van der Waals surface area contributed by atoms with Gasteiger partial charge < -0.3 is 24.8 Å². The Bertz CT molecular complexity index is 30.8. The minimum Gasteiger partial charge on any atom is -1.00 e. The number of unbranched alkanes of at least 4 members (excludes halogenated alkanes) is 4. The summed E-state index contributed by atoms with van der Waals surface area (Å²) in [4.78, 5) is 0. The summed E-state index contributed by atoms with van der Waals surface area (Å²) in [5.41, 5.74) is 0. The number of rotatable bonds is 4. The van der Waals surface area contributed by atoms with Crippen LogP contribution in [0.5, 0.6) is 0 Å². The molecular weight excluding hydrogens is 333 g/mol. The summed E-state index contributed by atoms with van der Waals surface area (Å²) in [7, 11) is 0. The molecule has 0 amide bonds. The molecule has 0 atom stereocenters. The molecule has 0 aliphatic rings. The van der Waals surface area contributed by atoms with Gasteiger partial charge in [-0.05, 0) is 0 Å². The maximum Gasteiger partial charge on any atom is 0 e. The van der Waals surface area contributed by atoms with Crippen molar-refractivity contribution in [3.05, 3.63) is 0 Å². The van der Waals surface area contributed by atoms with Crippen LogP contribution in [0, 0.1) is 0 Å². The predicted octanol–water partition coefficient (Wildman–Crippen LogP) is -3.02. The molecule has 0 bridgehead atoms. The summed E-state index contributed by atoms with van der Waals surface area (Å²) in [5, 5.41) is 0. The second-order valence-electron chi connectivity index (χ2n) is 2.06. The van der Waals surface area contributed by atoms with Gasteiger partial charge in [0.2, 0.25) is 0 Å². The van der Waals surface area contributed by atoms with Crippen molar-refractivity contribution < 1.29 is 50.7 Å². The van der Waals surface area contributed by atoms with Gasteiger partial charge in [0, 0.05) is 25.8 Å². The summed E-state index contributed by atoms with van der Waals surface area (Å²) >= 11 is 0. The van der Waals surface area contributed by atoms with Crippen LogP contribution in [0.25, 0.3) is 0 Å². The fourth-order valence-electron chi connectivity index (χ4n) is 0.677. The minimum atomic E-state index is 0. The van der Waals surface area contributed by atoms with E-state index in [-0.39, 0.29) is 50.7 Å². The second kappa shape index (κ2) is 22.4. The van der Waals surface area contributed by atoms with E-state index in [2.05, 4.69) is 13.8 Å². The van der Waals surface area contributed by atoms with E-state index in [1.807, 2.05) is 0 Å². The molecule has 3 heteroatoms. The summed E-state index contributed by atoms with van der Waals surface area (Å²) in [6.45, 7) is 4.49. The summed E-state index contributed by atoms with van der Waals surface area (Å²) < 4.78 is 0. The topological polar surface area (TPSA) is 0 Å². The van der Waals surface area contributed by atoms with Crippen molar-refractivity contribution in [1.29, 1.82) is 0 Å². The molecule has 0 aromatic heterocycles. The Labute approximate surface area is 96.1 Å². The third kappa shape index (κ3) is 22.7. The first-order valence-electron chi connectivity index (χ1n) is 3.41. The molecule has 64 valence electrons.